The number of nitrogens with zero attached hydrogens (tertiary/aromatic N) is 2. The Labute approximate surface area is 183 Å². The van der Waals surface area contributed by atoms with Gasteiger partial charge in [-0.25, -0.2) is 0 Å². The fourth-order valence-electron chi connectivity index (χ4n) is 3.45. The number of aryl methyl sites for hydroxylation is 1. The number of fused-ring (bicyclic) bond motifs is 2. The van der Waals surface area contributed by atoms with Crippen molar-refractivity contribution >= 4 is 27.5 Å². The van der Waals surface area contributed by atoms with Crippen molar-refractivity contribution in [3.8, 4) is 23.0 Å². The normalized spacial score (nSPS) is 13.0. The molecule has 156 valence electrons. The number of carbonyl (C=O) groups is 1. The zero-order chi connectivity index (χ0) is 21.2. The van der Waals surface area contributed by atoms with Crippen LogP contribution in [0.15, 0.2) is 71.7 Å². The summed E-state index contributed by atoms with van der Waals surface area (Å²) in [5.41, 5.74) is 1.46. The second-order valence-corrected chi connectivity index (χ2v) is 8.08. The summed E-state index contributed by atoms with van der Waals surface area (Å²) in [6.45, 7) is 3.08. The molecule has 0 radical (unpaired) electrons. The highest BCUT2D eigenvalue weighted by molar-refractivity contribution is 7.16. The summed E-state index contributed by atoms with van der Waals surface area (Å²) >= 11 is 1.47. The van der Waals surface area contributed by atoms with Crippen molar-refractivity contribution in [3.63, 3.8) is 0 Å². The van der Waals surface area contributed by atoms with Gasteiger partial charge in [0.2, 0.25) is 6.79 Å². The number of rotatable bonds is 5. The van der Waals surface area contributed by atoms with Crippen molar-refractivity contribution in [1.29, 1.82) is 0 Å². The number of hydrogen-bond acceptors (Lipinski definition) is 5. The van der Waals surface area contributed by atoms with Gasteiger partial charge in [-0.1, -0.05) is 42.5 Å². The largest absolute Gasteiger partial charge is 0.457 e. The summed E-state index contributed by atoms with van der Waals surface area (Å²) in [5.74, 6) is 2.44. The van der Waals surface area contributed by atoms with Crippen LogP contribution < -0.4 is 19.0 Å². The second-order valence-electron chi connectivity index (χ2n) is 7.07. The van der Waals surface area contributed by atoms with Crippen LogP contribution in [0.25, 0.3) is 10.2 Å². The first kappa shape index (κ1) is 19.4. The Bertz CT molecular complexity index is 1320. The third kappa shape index (κ3) is 3.92. The highest BCUT2D eigenvalue weighted by Gasteiger charge is 2.18. The highest BCUT2D eigenvalue weighted by Crippen LogP contribution is 2.37. The quantitative estimate of drug-likeness (QED) is 0.425. The lowest BCUT2D eigenvalue weighted by atomic mass is 10.2. The zero-order valence-electron chi connectivity index (χ0n) is 16.9. The van der Waals surface area contributed by atoms with Crippen LogP contribution >= 0.6 is 11.3 Å². The predicted molar refractivity (Wildman–Crippen MR) is 119 cm³/mol. The number of carbonyl (C=O) groups excluding carboxylic acids is 1. The fraction of sp³-hybridized carbons (Fsp3) is 0.167. The maximum Gasteiger partial charge on any atom is 0.279 e. The third-order valence-corrected chi connectivity index (χ3v) is 5.92. The number of ether oxygens (including phenoxy) is 3. The molecule has 6 nitrogen and oxygen atoms in total. The predicted octanol–water partition coefficient (Wildman–Crippen LogP) is 5.37. The molecule has 5 rings (SSSR count). The van der Waals surface area contributed by atoms with Crippen molar-refractivity contribution in [3.05, 3.63) is 77.1 Å². The van der Waals surface area contributed by atoms with Gasteiger partial charge in [0.05, 0.1) is 10.2 Å². The number of hydrogen-bond donors (Lipinski definition) is 0. The van der Waals surface area contributed by atoms with E-state index in [-0.39, 0.29) is 12.7 Å². The fourth-order valence-corrected chi connectivity index (χ4v) is 4.52. The van der Waals surface area contributed by atoms with Gasteiger partial charge in [0.1, 0.15) is 11.5 Å². The van der Waals surface area contributed by atoms with Crippen LogP contribution in [-0.2, 0) is 6.54 Å². The van der Waals surface area contributed by atoms with Gasteiger partial charge in [0.15, 0.2) is 16.3 Å². The molecule has 0 spiro atoms. The van der Waals surface area contributed by atoms with Crippen LogP contribution in [0.3, 0.4) is 0 Å². The van der Waals surface area contributed by atoms with Crippen LogP contribution in [0.5, 0.6) is 23.0 Å². The lowest BCUT2D eigenvalue weighted by Gasteiger charge is -2.06. The van der Waals surface area contributed by atoms with Crippen molar-refractivity contribution in [2.24, 2.45) is 4.99 Å². The van der Waals surface area contributed by atoms with Gasteiger partial charge in [0.25, 0.3) is 5.91 Å². The summed E-state index contributed by atoms with van der Waals surface area (Å²) in [6, 6.07) is 20.5. The lowest BCUT2D eigenvalue weighted by Crippen LogP contribution is -2.16. The van der Waals surface area contributed by atoms with E-state index in [1.54, 1.807) is 18.2 Å². The summed E-state index contributed by atoms with van der Waals surface area (Å²) in [7, 11) is 0. The Morgan fingerprint density at radius 1 is 1.03 bits per heavy atom. The molecule has 2 heterocycles. The number of amides is 1. The first-order valence-electron chi connectivity index (χ1n) is 10.1. The van der Waals surface area contributed by atoms with Gasteiger partial charge in [-0.05, 0) is 36.8 Å². The molecule has 0 saturated heterocycles. The molecule has 0 N–H and O–H groups in total. The summed E-state index contributed by atoms with van der Waals surface area (Å²) in [5, 5.41) is 0. The van der Waals surface area contributed by atoms with E-state index in [0.717, 1.165) is 34.7 Å². The van der Waals surface area contributed by atoms with Gasteiger partial charge in [-0.15, -0.1) is 0 Å². The molecule has 7 heteroatoms. The van der Waals surface area contributed by atoms with Crippen molar-refractivity contribution < 1.29 is 19.0 Å². The molecule has 0 unspecified atom stereocenters. The molecular weight excluding hydrogens is 412 g/mol. The molecule has 3 aromatic carbocycles. The van der Waals surface area contributed by atoms with Gasteiger partial charge in [0, 0.05) is 24.2 Å². The van der Waals surface area contributed by atoms with Crippen molar-refractivity contribution in [1.82, 2.24) is 4.57 Å². The molecule has 4 aromatic rings. The van der Waals surface area contributed by atoms with Gasteiger partial charge >= 0.3 is 0 Å². The molecule has 1 aliphatic heterocycles. The summed E-state index contributed by atoms with van der Waals surface area (Å²) < 4.78 is 19.9. The molecule has 0 fully saturated rings. The minimum absolute atomic E-state index is 0.234. The molecular formula is C24H20N2O4S. The van der Waals surface area contributed by atoms with Crippen LogP contribution in [0.4, 0.5) is 0 Å². The van der Waals surface area contributed by atoms with E-state index in [1.165, 1.54) is 11.3 Å². The molecule has 1 aromatic heterocycles. The smallest absolute Gasteiger partial charge is 0.279 e. The first-order valence-corrected chi connectivity index (χ1v) is 10.9. The van der Waals surface area contributed by atoms with E-state index in [4.69, 9.17) is 14.2 Å². The molecule has 0 saturated carbocycles. The Balaban J connectivity index is 1.51. The van der Waals surface area contributed by atoms with Crippen LogP contribution in [0.2, 0.25) is 0 Å². The Hall–Kier alpha value is -3.58. The van der Waals surface area contributed by atoms with Crippen LogP contribution in [0, 0.1) is 0 Å². The maximum atomic E-state index is 13.0. The van der Waals surface area contributed by atoms with Gasteiger partial charge < -0.3 is 18.8 Å². The molecule has 31 heavy (non-hydrogen) atoms. The lowest BCUT2D eigenvalue weighted by molar-refractivity contribution is 0.0997. The Morgan fingerprint density at radius 3 is 2.61 bits per heavy atom. The Kier molecular flexibility index (Phi) is 5.18. The van der Waals surface area contributed by atoms with E-state index >= 15 is 0 Å². The number of para-hydroxylation sites is 1. The first-order chi connectivity index (χ1) is 15.2. The van der Waals surface area contributed by atoms with Gasteiger partial charge in [-0.3, -0.25) is 4.79 Å². The molecule has 0 atom stereocenters. The van der Waals surface area contributed by atoms with E-state index in [2.05, 4.69) is 16.5 Å². The Morgan fingerprint density at radius 2 is 1.81 bits per heavy atom. The van der Waals surface area contributed by atoms with Crippen LogP contribution in [0.1, 0.15) is 23.7 Å². The number of benzene rings is 3. The zero-order valence-corrected chi connectivity index (χ0v) is 17.7. The maximum absolute atomic E-state index is 13.0. The van der Waals surface area contributed by atoms with Crippen LogP contribution in [-0.4, -0.2) is 17.3 Å². The second kappa shape index (κ2) is 8.28. The summed E-state index contributed by atoms with van der Waals surface area (Å²) in [6.07, 6.45) is 0.919. The number of thiazole rings is 1. The molecule has 0 bridgehead atoms. The minimum atomic E-state index is -0.310. The monoisotopic (exact) mass is 432 g/mol. The standard InChI is InChI=1S/C24H20N2O4S/c1-2-11-26-19-13-20-21(29-15-28-20)14-22(19)31-24(26)25-23(27)16-7-6-10-18(12-16)30-17-8-4-3-5-9-17/h3-10,12-14H,2,11,15H2,1H3. The van der Waals surface area contributed by atoms with E-state index in [0.29, 0.717) is 21.9 Å². The van der Waals surface area contributed by atoms with E-state index in [1.807, 2.05) is 48.5 Å². The molecule has 1 amide bonds. The molecule has 1 aliphatic rings. The summed E-state index contributed by atoms with van der Waals surface area (Å²) in [4.78, 5) is 18.1. The minimum Gasteiger partial charge on any atom is -0.457 e. The molecule has 0 aliphatic carbocycles. The van der Waals surface area contributed by atoms with Crippen molar-refractivity contribution in [2.45, 2.75) is 19.9 Å². The average molecular weight is 433 g/mol. The number of aromatic nitrogens is 1. The average Bonchev–Trinajstić information content (AvgIpc) is 3.37. The third-order valence-electron chi connectivity index (χ3n) is 4.88. The van der Waals surface area contributed by atoms with E-state index in [9.17, 15) is 4.79 Å². The highest BCUT2D eigenvalue weighted by atomic mass is 32.1. The van der Waals surface area contributed by atoms with E-state index < -0.39 is 0 Å². The van der Waals surface area contributed by atoms with Gasteiger partial charge in [-0.2, -0.15) is 4.99 Å². The topological polar surface area (TPSA) is 62.1 Å². The van der Waals surface area contributed by atoms with Crippen molar-refractivity contribution in [2.75, 3.05) is 6.79 Å². The SMILES string of the molecule is CCCn1c(=NC(=O)c2cccc(Oc3ccccc3)c2)sc2cc3c(cc21)OCO3.